The molecule has 1 aliphatic heterocycles. The Labute approximate surface area is 157 Å². The van der Waals surface area contributed by atoms with Crippen molar-refractivity contribution in [1.82, 2.24) is 25.5 Å². The van der Waals surface area contributed by atoms with Crippen molar-refractivity contribution in [1.29, 1.82) is 0 Å². The van der Waals surface area contributed by atoms with Gasteiger partial charge in [-0.2, -0.15) is 10.1 Å². The van der Waals surface area contributed by atoms with Crippen molar-refractivity contribution in [2.24, 2.45) is 0 Å². The summed E-state index contributed by atoms with van der Waals surface area (Å²) < 4.78 is 0. The molecule has 1 aliphatic rings. The lowest BCUT2D eigenvalue weighted by Gasteiger charge is -2.21. The summed E-state index contributed by atoms with van der Waals surface area (Å²) in [7, 11) is 0. The second-order valence-corrected chi connectivity index (χ2v) is 6.91. The molecule has 3 N–H and O–H groups in total. The number of halogens is 1. The Bertz CT molecular complexity index is 894. The molecule has 1 fully saturated rings. The Morgan fingerprint density at radius 1 is 1.31 bits per heavy atom. The smallest absolute Gasteiger partial charge is 0.227 e. The predicted molar refractivity (Wildman–Crippen MR) is 105 cm³/mol. The van der Waals surface area contributed by atoms with Crippen LogP contribution in [0.15, 0.2) is 30.6 Å². The SMILES string of the molecule is CCC1CCN(c2ncc(Cl)c(Nc3ccc4[nH]ncc4c3)n2)CCN1. The molecule has 3 aromatic rings. The van der Waals surface area contributed by atoms with Gasteiger partial charge in [0.05, 0.1) is 17.9 Å². The number of fused-ring (bicyclic) bond motifs is 1. The van der Waals surface area contributed by atoms with Crippen LogP contribution in [-0.4, -0.2) is 45.8 Å². The average Bonchev–Trinajstić information content (AvgIpc) is 2.99. The molecule has 8 heteroatoms. The molecule has 3 heterocycles. The van der Waals surface area contributed by atoms with E-state index in [9.17, 15) is 0 Å². The molecule has 1 unspecified atom stereocenters. The Kier molecular flexibility index (Phi) is 4.90. The van der Waals surface area contributed by atoms with Crippen LogP contribution in [0.5, 0.6) is 0 Å². The van der Waals surface area contributed by atoms with Crippen molar-refractivity contribution in [3.05, 3.63) is 35.6 Å². The van der Waals surface area contributed by atoms with E-state index in [1.165, 1.54) is 0 Å². The first kappa shape index (κ1) is 17.1. The first-order valence-corrected chi connectivity index (χ1v) is 9.32. The third kappa shape index (κ3) is 3.59. The summed E-state index contributed by atoms with van der Waals surface area (Å²) in [6.07, 6.45) is 5.68. The molecule has 0 bridgehead atoms. The molecule has 0 spiro atoms. The molecule has 26 heavy (non-hydrogen) atoms. The minimum atomic E-state index is 0.500. The predicted octanol–water partition coefficient (Wildman–Crippen LogP) is 3.33. The molecule has 1 saturated heterocycles. The van der Waals surface area contributed by atoms with Crippen LogP contribution in [0, 0.1) is 0 Å². The number of benzene rings is 1. The van der Waals surface area contributed by atoms with Crippen molar-refractivity contribution >= 4 is 40.0 Å². The van der Waals surface area contributed by atoms with Gasteiger partial charge in [-0.15, -0.1) is 0 Å². The highest BCUT2D eigenvalue weighted by atomic mass is 35.5. The van der Waals surface area contributed by atoms with Gasteiger partial charge < -0.3 is 15.5 Å². The Morgan fingerprint density at radius 2 is 2.23 bits per heavy atom. The summed E-state index contributed by atoms with van der Waals surface area (Å²) in [6.45, 7) is 4.97. The van der Waals surface area contributed by atoms with Crippen LogP contribution in [0.25, 0.3) is 10.9 Å². The minimum absolute atomic E-state index is 0.500. The fourth-order valence-electron chi connectivity index (χ4n) is 3.23. The molecule has 136 valence electrons. The van der Waals surface area contributed by atoms with Crippen molar-refractivity contribution in [2.75, 3.05) is 29.9 Å². The van der Waals surface area contributed by atoms with Gasteiger partial charge >= 0.3 is 0 Å². The third-order valence-corrected chi connectivity index (χ3v) is 5.05. The zero-order valence-corrected chi connectivity index (χ0v) is 15.4. The van der Waals surface area contributed by atoms with Crippen LogP contribution in [-0.2, 0) is 0 Å². The van der Waals surface area contributed by atoms with Crippen LogP contribution < -0.4 is 15.5 Å². The number of H-pyrrole nitrogens is 1. The second kappa shape index (κ2) is 7.47. The van der Waals surface area contributed by atoms with Crippen molar-refractivity contribution in [3.8, 4) is 0 Å². The van der Waals surface area contributed by atoms with Gasteiger partial charge in [-0.1, -0.05) is 18.5 Å². The lowest BCUT2D eigenvalue weighted by Crippen LogP contribution is -2.30. The van der Waals surface area contributed by atoms with Crippen molar-refractivity contribution in [2.45, 2.75) is 25.8 Å². The number of hydrogen-bond donors (Lipinski definition) is 3. The van der Waals surface area contributed by atoms with Gasteiger partial charge in [-0.3, -0.25) is 5.10 Å². The number of rotatable bonds is 4. The maximum absolute atomic E-state index is 6.32. The summed E-state index contributed by atoms with van der Waals surface area (Å²) in [4.78, 5) is 11.3. The average molecular weight is 372 g/mol. The van der Waals surface area contributed by atoms with E-state index in [0.717, 1.165) is 49.1 Å². The third-order valence-electron chi connectivity index (χ3n) is 4.77. The highest BCUT2D eigenvalue weighted by Crippen LogP contribution is 2.26. The maximum atomic E-state index is 6.32. The van der Waals surface area contributed by atoms with Gasteiger partial charge in [0.1, 0.15) is 5.02 Å². The fourth-order valence-corrected chi connectivity index (χ4v) is 3.37. The van der Waals surface area contributed by atoms with Gasteiger partial charge in [0.25, 0.3) is 0 Å². The largest absolute Gasteiger partial charge is 0.339 e. The summed E-state index contributed by atoms with van der Waals surface area (Å²) in [5.74, 6) is 1.32. The van der Waals surface area contributed by atoms with Gasteiger partial charge in [0.15, 0.2) is 5.82 Å². The number of nitrogens with one attached hydrogen (secondary N) is 3. The topological polar surface area (TPSA) is 81.8 Å². The van der Waals surface area contributed by atoms with E-state index in [2.05, 4.69) is 42.6 Å². The first-order chi connectivity index (χ1) is 12.7. The number of anilines is 3. The first-order valence-electron chi connectivity index (χ1n) is 8.94. The molecule has 0 aliphatic carbocycles. The molecule has 2 aromatic heterocycles. The van der Waals surface area contributed by atoms with Gasteiger partial charge in [0.2, 0.25) is 5.95 Å². The molecule has 0 saturated carbocycles. The minimum Gasteiger partial charge on any atom is -0.339 e. The van der Waals surface area contributed by atoms with Crippen LogP contribution in [0.2, 0.25) is 5.02 Å². The van der Waals surface area contributed by atoms with E-state index >= 15 is 0 Å². The normalized spacial score (nSPS) is 18.1. The van der Waals surface area contributed by atoms with E-state index in [1.807, 2.05) is 18.2 Å². The Morgan fingerprint density at radius 3 is 3.12 bits per heavy atom. The second-order valence-electron chi connectivity index (χ2n) is 6.50. The summed E-state index contributed by atoms with van der Waals surface area (Å²) in [5.41, 5.74) is 1.90. The van der Waals surface area contributed by atoms with Crippen LogP contribution in [0.4, 0.5) is 17.5 Å². The lowest BCUT2D eigenvalue weighted by atomic mass is 10.1. The highest BCUT2D eigenvalue weighted by molar-refractivity contribution is 6.32. The number of aromatic nitrogens is 4. The van der Waals surface area contributed by atoms with E-state index in [0.29, 0.717) is 22.8 Å². The maximum Gasteiger partial charge on any atom is 0.227 e. The monoisotopic (exact) mass is 371 g/mol. The molecule has 0 amide bonds. The molecular formula is C18H22ClN7. The zero-order valence-electron chi connectivity index (χ0n) is 14.7. The standard InChI is InChI=1S/C18H22ClN7/c1-2-13-5-7-26(8-6-20-13)18-21-11-15(19)17(24-18)23-14-3-4-16-12(9-14)10-22-25-16/h3-4,9-11,13,20H,2,5-8H2,1H3,(H,22,25)(H,21,23,24). The fraction of sp³-hybridized carbons (Fsp3) is 0.389. The summed E-state index contributed by atoms with van der Waals surface area (Å²) in [5, 5.41) is 15.4. The molecule has 0 radical (unpaired) electrons. The van der Waals surface area contributed by atoms with E-state index in [-0.39, 0.29) is 0 Å². The van der Waals surface area contributed by atoms with E-state index in [4.69, 9.17) is 11.6 Å². The van der Waals surface area contributed by atoms with E-state index < -0.39 is 0 Å². The quantitative estimate of drug-likeness (QED) is 0.652. The molecule has 1 aromatic carbocycles. The van der Waals surface area contributed by atoms with E-state index in [1.54, 1.807) is 12.4 Å². The van der Waals surface area contributed by atoms with Gasteiger partial charge in [0, 0.05) is 36.7 Å². The molecule has 4 rings (SSSR count). The van der Waals surface area contributed by atoms with Crippen LogP contribution in [0.1, 0.15) is 19.8 Å². The molecule has 1 atom stereocenters. The Balaban J connectivity index is 1.55. The van der Waals surface area contributed by atoms with Crippen LogP contribution >= 0.6 is 11.6 Å². The van der Waals surface area contributed by atoms with Crippen molar-refractivity contribution in [3.63, 3.8) is 0 Å². The van der Waals surface area contributed by atoms with Crippen LogP contribution in [0.3, 0.4) is 0 Å². The highest BCUT2D eigenvalue weighted by Gasteiger charge is 2.18. The number of aromatic amines is 1. The number of hydrogen-bond acceptors (Lipinski definition) is 6. The Hall–Kier alpha value is -2.38. The number of nitrogens with zero attached hydrogens (tertiary/aromatic N) is 4. The van der Waals surface area contributed by atoms with Gasteiger partial charge in [-0.05, 0) is 31.0 Å². The van der Waals surface area contributed by atoms with Crippen molar-refractivity contribution < 1.29 is 0 Å². The summed E-state index contributed by atoms with van der Waals surface area (Å²) >= 11 is 6.32. The lowest BCUT2D eigenvalue weighted by molar-refractivity contribution is 0.509. The molecular weight excluding hydrogens is 350 g/mol. The molecule has 7 nitrogen and oxygen atoms in total. The summed E-state index contributed by atoms with van der Waals surface area (Å²) in [6, 6.07) is 6.52. The zero-order chi connectivity index (χ0) is 17.9. The van der Waals surface area contributed by atoms with Gasteiger partial charge in [-0.25, -0.2) is 4.98 Å².